The summed E-state index contributed by atoms with van der Waals surface area (Å²) in [5.74, 6) is 0.170. The van der Waals surface area contributed by atoms with Crippen LogP contribution in [-0.4, -0.2) is 34.9 Å². The van der Waals surface area contributed by atoms with Crippen molar-refractivity contribution in [3.63, 3.8) is 0 Å². The summed E-state index contributed by atoms with van der Waals surface area (Å²) >= 11 is 0. The summed E-state index contributed by atoms with van der Waals surface area (Å²) < 4.78 is 11.4. The first-order valence-corrected chi connectivity index (χ1v) is 9.42. The van der Waals surface area contributed by atoms with Crippen molar-refractivity contribution in [1.82, 2.24) is 4.90 Å². The zero-order valence-electron chi connectivity index (χ0n) is 14.3. The standard InChI is InChI=1S/C17H28N2O2S.ClH/c1-14(15-9-11-16(12-10-15)22(3)21)19(2)17(20)8-6-4-5-7-13-18;/h9-12,14H,4-8,13,18H2,1-3H3;1H. The molecular formula is C17H29ClN2O2S. The van der Waals surface area contributed by atoms with E-state index in [1.807, 2.05) is 38.2 Å². The van der Waals surface area contributed by atoms with Crippen LogP contribution in [0.5, 0.6) is 0 Å². The average Bonchev–Trinajstić information content (AvgIpc) is 2.53. The van der Waals surface area contributed by atoms with Crippen molar-refractivity contribution >= 4 is 29.1 Å². The van der Waals surface area contributed by atoms with Gasteiger partial charge in [-0.25, -0.2) is 0 Å². The summed E-state index contributed by atoms with van der Waals surface area (Å²) in [5, 5.41) is 0. The predicted octanol–water partition coefficient (Wildman–Crippen LogP) is 3.27. The van der Waals surface area contributed by atoms with E-state index in [9.17, 15) is 9.00 Å². The first kappa shape index (κ1) is 22.1. The molecule has 0 aliphatic rings. The highest BCUT2D eigenvalue weighted by molar-refractivity contribution is 7.84. The topological polar surface area (TPSA) is 63.4 Å². The van der Waals surface area contributed by atoms with Crippen LogP contribution >= 0.6 is 12.4 Å². The Labute approximate surface area is 148 Å². The molecule has 1 amide bonds. The summed E-state index contributed by atoms with van der Waals surface area (Å²) in [7, 11) is 0.879. The van der Waals surface area contributed by atoms with Gasteiger partial charge in [0.15, 0.2) is 0 Å². The molecule has 2 N–H and O–H groups in total. The molecule has 23 heavy (non-hydrogen) atoms. The van der Waals surface area contributed by atoms with Gasteiger partial charge < -0.3 is 10.6 Å². The number of hydrogen-bond acceptors (Lipinski definition) is 3. The van der Waals surface area contributed by atoms with E-state index in [0.717, 1.165) is 42.7 Å². The summed E-state index contributed by atoms with van der Waals surface area (Å²) in [5.41, 5.74) is 6.52. The molecule has 2 atom stereocenters. The highest BCUT2D eigenvalue weighted by Crippen LogP contribution is 2.21. The summed E-state index contributed by atoms with van der Waals surface area (Å²) in [6.45, 7) is 2.74. The quantitative estimate of drug-likeness (QED) is 0.687. The Morgan fingerprint density at radius 2 is 1.74 bits per heavy atom. The van der Waals surface area contributed by atoms with E-state index in [1.165, 1.54) is 0 Å². The minimum Gasteiger partial charge on any atom is -0.339 e. The van der Waals surface area contributed by atoms with Crippen molar-refractivity contribution < 1.29 is 9.00 Å². The van der Waals surface area contributed by atoms with Crippen LogP contribution in [0.15, 0.2) is 29.2 Å². The van der Waals surface area contributed by atoms with Crippen LogP contribution in [0.2, 0.25) is 0 Å². The lowest BCUT2D eigenvalue weighted by atomic mass is 10.1. The van der Waals surface area contributed by atoms with Crippen molar-refractivity contribution in [1.29, 1.82) is 0 Å². The van der Waals surface area contributed by atoms with Gasteiger partial charge in [0.1, 0.15) is 0 Å². The van der Waals surface area contributed by atoms with E-state index >= 15 is 0 Å². The van der Waals surface area contributed by atoms with Gasteiger partial charge in [-0.2, -0.15) is 0 Å². The lowest BCUT2D eigenvalue weighted by molar-refractivity contribution is -0.131. The van der Waals surface area contributed by atoms with Gasteiger partial charge in [0.2, 0.25) is 5.91 Å². The molecule has 0 radical (unpaired) electrons. The molecule has 6 heteroatoms. The molecule has 132 valence electrons. The number of carbonyl (C=O) groups excluding carboxylic acids is 1. The molecule has 0 saturated heterocycles. The van der Waals surface area contributed by atoms with Crippen LogP contribution in [0.4, 0.5) is 0 Å². The second-order valence-electron chi connectivity index (χ2n) is 5.66. The third kappa shape index (κ3) is 7.46. The zero-order valence-corrected chi connectivity index (χ0v) is 15.9. The maximum atomic E-state index is 12.2. The fourth-order valence-electron chi connectivity index (χ4n) is 2.33. The number of nitrogens with two attached hydrogens (primary N) is 1. The van der Waals surface area contributed by atoms with E-state index in [-0.39, 0.29) is 24.4 Å². The fraction of sp³-hybridized carbons (Fsp3) is 0.588. The first-order valence-electron chi connectivity index (χ1n) is 7.86. The number of rotatable bonds is 9. The maximum Gasteiger partial charge on any atom is 0.222 e. The smallest absolute Gasteiger partial charge is 0.222 e. The molecule has 2 unspecified atom stereocenters. The number of halogens is 1. The van der Waals surface area contributed by atoms with E-state index in [1.54, 1.807) is 11.2 Å². The minimum absolute atomic E-state index is 0. The number of nitrogens with zero attached hydrogens (tertiary/aromatic N) is 1. The Hall–Kier alpha value is -0.910. The van der Waals surface area contributed by atoms with Gasteiger partial charge in [-0.1, -0.05) is 25.0 Å². The van der Waals surface area contributed by atoms with Gasteiger partial charge in [0.25, 0.3) is 0 Å². The monoisotopic (exact) mass is 360 g/mol. The third-order valence-corrected chi connectivity index (χ3v) is 4.95. The molecule has 0 aliphatic carbocycles. The molecule has 1 rings (SSSR count). The van der Waals surface area contributed by atoms with E-state index < -0.39 is 10.8 Å². The molecule has 0 spiro atoms. The van der Waals surface area contributed by atoms with Crippen molar-refractivity contribution in [3.05, 3.63) is 29.8 Å². The number of amides is 1. The fourth-order valence-corrected chi connectivity index (χ4v) is 2.85. The van der Waals surface area contributed by atoms with Crippen molar-refractivity contribution in [2.24, 2.45) is 5.73 Å². The van der Waals surface area contributed by atoms with Gasteiger partial charge >= 0.3 is 0 Å². The third-order valence-electron chi connectivity index (χ3n) is 4.01. The van der Waals surface area contributed by atoms with Crippen LogP contribution in [0.3, 0.4) is 0 Å². The van der Waals surface area contributed by atoms with Crippen molar-refractivity contribution in [2.75, 3.05) is 19.8 Å². The van der Waals surface area contributed by atoms with Gasteiger partial charge in [0, 0.05) is 35.4 Å². The van der Waals surface area contributed by atoms with Gasteiger partial charge in [-0.3, -0.25) is 9.00 Å². The molecule has 0 saturated carbocycles. The Morgan fingerprint density at radius 1 is 1.17 bits per heavy atom. The minimum atomic E-state index is -0.967. The Morgan fingerprint density at radius 3 is 2.26 bits per heavy atom. The van der Waals surface area contributed by atoms with E-state index in [0.29, 0.717) is 6.42 Å². The highest BCUT2D eigenvalue weighted by atomic mass is 35.5. The second-order valence-corrected chi connectivity index (χ2v) is 7.04. The molecule has 1 aromatic carbocycles. The summed E-state index contributed by atoms with van der Waals surface area (Å²) in [6.07, 6.45) is 6.36. The zero-order chi connectivity index (χ0) is 16.5. The second kappa shape index (κ2) is 11.6. The van der Waals surface area contributed by atoms with Crippen LogP contribution < -0.4 is 5.73 Å². The van der Waals surface area contributed by atoms with Crippen LogP contribution in [-0.2, 0) is 15.6 Å². The van der Waals surface area contributed by atoms with Gasteiger partial charge in [-0.05, 0) is 44.0 Å². The maximum absolute atomic E-state index is 12.2. The molecule has 0 fully saturated rings. The van der Waals surface area contributed by atoms with Gasteiger partial charge in [0.05, 0.1) is 6.04 Å². The largest absolute Gasteiger partial charge is 0.339 e. The average molecular weight is 361 g/mol. The molecular weight excluding hydrogens is 332 g/mol. The highest BCUT2D eigenvalue weighted by Gasteiger charge is 2.17. The SMILES string of the molecule is CC(c1ccc(S(C)=O)cc1)N(C)C(=O)CCCCCCN.Cl. The van der Waals surface area contributed by atoms with Crippen LogP contribution in [0.25, 0.3) is 0 Å². The van der Waals surface area contributed by atoms with Crippen LogP contribution in [0, 0.1) is 0 Å². The van der Waals surface area contributed by atoms with Crippen LogP contribution in [0.1, 0.15) is 50.6 Å². The number of unbranched alkanes of at least 4 members (excludes halogenated alkanes) is 3. The lowest BCUT2D eigenvalue weighted by Crippen LogP contribution is -2.29. The van der Waals surface area contributed by atoms with E-state index in [2.05, 4.69) is 0 Å². The number of hydrogen-bond donors (Lipinski definition) is 1. The number of carbonyl (C=O) groups is 1. The first-order chi connectivity index (χ1) is 10.5. The Balaban J connectivity index is 0.00000484. The number of benzene rings is 1. The Bertz CT molecular complexity index is 494. The lowest BCUT2D eigenvalue weighted by Gasteiger charge is -2.25. The Kier molecular flexibility index (Phi) is 11.1. The predicted molar refractivity (Wildman–Crippen MR) is 99.3 cm³/mol. The molecule has 4 nitrogen and oxygen atoms in total. The van der Waals surface area contributed by atoms with Crippen molar-refractivity contribution in [3.8, 4) is 0 Å². The van der Waals surface area contributed by atoms with Crippen molar-refractivity contribution in [2.45, 2.75) is 50.0 Å². The molecule has 0 aliphatic heterocycles. The normalized spacial score (nSPS) is 13.0. The van der Waals surface area contributed by atoms with E-state index in [4.69, 9.17) is 5.73 Å². The molecule has 0 bridgehead atoms. The molecule has 1 aromatic rings. The summed E-state index contributed by atoms with van der Waals surface area (Å²) in [4.78, 5) is 14.8. The molecule has 0 aromatic heterocycles. The van der Waals surface area contributed by atoms with Gasteiger partial charge in [-0.15, -0.1) is 12.4 Å². The molecule has 0 heterocycles. The summed E-state index contributed by atoms with van der Waals surface area (Å²) in [6, 6.07) is 7.66.